The van der Waals surface area contributed by atoms with Crippen LogP contribution in [0.25, 0.3) is 0 Å². The molecule has 0 aliphatic heterocycles. The molecule has 1 radical (unpaired) electrons. The molecule has 2 aliphatic rings. The fraction of sp³-hybridized carbons (Fsp3) is 0.833. The van der Waals surface area contributed by atoms with Crippen LogP contribution in [0.3, 0.4) is 0 Å². The van der Waals surface area contributed by atoms with Gasteiger partial charge in [0.15, 0.2) is 0 Å². The minimum absolute atomic E-state index is 0. The molecule has 0 aromatic heterocycles. The molecule has 19 heavy (non-hydrogen) atoms. The fourth-order valence-electron chi connectivity index (χ4n) is 2.96. The molecule has 0 aromatic carbocycles. The molecule has 0 unspecified atom stereocenters. The Bertz CT molecular complexity index is 273. The van der Waals surface area contributed by atoms with Gasteiger partial charge in [-0.1, -0.05) is 25.7 Å². The van der Waals surface area contributed by atoms with E-state index >= 15 is 0 Å². The molecule has 0 atom stereocenters. The second kappa shape index (κ2) is 9.75. The largest absolute Gasteiger partial charge is 2.00 e. The van der Waals surface area contributed by atoms with Crippen molar-refractivity contribution in [3.05, 3.63) is 0 Å². The van der Waals surface area contributed by atoms with Gasteiger partial charge in [0.2, 0.25) is 0 Å². The molecule has 2 rings (SSSR count). The van der Waals surface area contributed by atoms with Crippen LogP contribution in [0.2, 0.25) is 0 Å². The number of nitrogens with zero attached hydrogens (tertiary/aromatic N) is 1. The Labute approximate surface area is 136 Å². The van der Waals surface area contributed by atoms with E-state index in [2.05, 4.69) is 18.4 Å². The number of carbonyl (C=O) groups excluding carboxylic acids is 2. The molecule has 113 valence electrons. The minimum Gasteiger partial charge on any atom is -0.719 e. The van der Waals surface area contributed by atoms with Crippen LogP contribution in [-0.2, 0) is 42.3 Å². The summed E-state index contributed by atoms with van der Waals surface area (Å²) in [5.74, 6) is 0. The van der Waals surface area contributed by atoms with E-state index < -0.39 is 5.24 Å². The van der Waals surface area contributed by atoms with Gasteiger partial charge in [-0.15, -0.1) is 0 Å². The molecule has 0 bridgehead atoms. The maximum absolute atomic E-state index is 11.5. The van der Waals surface area contributed by atoms with Crippen molar-refractivity contribution < 1.29 is 26.7 Å². The summed E-state index contributed by atoms with van der Waals surface area (Å²) >= 11 is 8.62. The maximum Gasteiger partial charge on any atom is 2.00 e. The summed E-state index contributed by atoms with van der Waals surface area (Å²) in [5, 5.41) is -0.858. The Morgan fingerprint density at radius 1 is 0.895 bits per heavy atom. The third-order valence-electron chi connectivity index (χ3n) is 3.65. The van der Waals surface area contributed by atoms with Crippen LogP contribution in [0.1, 0.15) is 51.4 Å². The Morgan fingerprint density at radius 3 is 1.37 bits per heavy atom. The summed E-state index contributed by atoms with van der Waals surface area (Å²) in [7, 11) is 0. The van der Waals surface area contributed by atoms with Crippen LogP contribution in [0, 0.1) is 0 Å². The Hall–Kier alpha value is -0.101. The van der Waals surface area contributed by atoms with E-state index in [1.807, 2.05) is 4.90 Å². The van der Waals surface area contributed by atoms with Crippen LogP contribution in [0.15, 0.2) is 0 Å². The molecule has 2 fully saturated rings. The number of carbonyl (C=O) groups is 2. The second-order valence-electron chi connectivity index (χ2n) is 4.87. The van der Waals surface area contributed by atoms with E-state index in [1.54, 1.807) is 0 Å². The third-order valence-corrected chi connectivity index (χ3v) is 3.86. The van der Waals surface area contributed by atoms with Gasteiger partial charge in [0, 0.05) is 12.1 Å². The molecule has 0 saturated heterocycles. The zero-order chi connectivity index (χ0) is 13.5. The molecular weight excluding hydrogens is 332 g/mol. The van der Waals surface area contributed by atoms with Gasteiger partial charge in [-0.05, 0) is 25.7 Å². The molecule has 0 heterocycles. The zero-order valence-corrected chi connectivity index (χ0v) is 13.3. The molecule has 2 N–H and O–H groups in total. The summed E-state index contributed by atoms with van der Waals surface area (Å²) in [6, 6.07) is 0.950. The van der Waals surface area contributed by atoms with Crippen molar-refractivity contribution in [3.63, 3.8) is 0 Å². The van der Waals surface area contributed by atoms with Gasteiger partial charge >= 0.3 is 17.1 Å². The maximum atomic E-state index is 11.5. The normalized spacial score (nSPS) is 19.2. The van der Waals surface area contributed by atoms with E-state index in [0.29, 0.717) is 12.1 Å². The summed E-state index contributed by atoms with van der Waals surface area (Å²) in [5.41, 5.74) is 4.29. The number of amides is 2. The summed E-state index contributed by atoms with van der Waals surface area (Å²) in [6.45, 7) is 0. The van der Waals surface area contributed by atoms with Crippen LogP contribution in [0.5, 0.6) is 0 Å². The molecule has 2 aliphatic carbocycles. The molecule has 4 nitrogen and oxygen atoms in total. The first kappa shape index (κ1) is 18.9. The molecule has 2 amide bonds. The number of hydrogen-bond donors (Lipinski definition) is 1. The first-order chi connectivity index (χ1) is 8.52. The number of primary amides is 1. The SMILES string of the molecule is NC(=O)[S-].O=C([S-])N(C1CCCC1)C1CCCC1.[Cu+2]. The van der Waals surface area contributed by atoms with E-state index in [4.69, 9.17) is 17.4 Å². The van der Waals surface area contributed by atoms with E-state index in [-0.39, 0.29) is 22.3 Å². The first-order valence-electron chi connectivity index (χ1n) is 6.48. The average Bonchev–Trinajstić information content (AvgIpc) is 2.88. The number of hydrogen-bond acceptors (Lipinski definition) is 4. The summed E-state index contributed by atoms with van der Waals surface area (Å²) in [6.07, 6.45) is 9.82. The third kappa shape index (κ3) is 6.75. The Kier molecular flexibility index (Phi) is 9.70. The number of rotatable bonds is 2. The van der Waals surface area contributed by atoms with E-state index in [9.17, 15) is 4.79 Å². The van der Waals surface area contributed by atoms with Crippen molar-refractivity contribution >= 4 is 35.7 Å². The summed E-state index contributed by atoms with van der Waals surface area (Å²) in [4.78, 5) is 22.5. The van der Waals surface area contributed by atoms with Gasteiger partial charge in [0.25, 0.3) is 0 Å². The Balaban J connectivity index is 0.000000576. The van der Waals surface area contributed by atoms with Gasteiger partial charge in [-0.25, -0.2) is 0 Å². The van der Waals surface area contributed by atoms with Crippen molar-refractivity contribution in [2.24, 2.45) is 5.73 Å². The van der Waals surface area contributed by atoms with Gasteiger partial charge in [0.05, 0.1) is 5.24 Å². The van der Waals surface area contributed by atoms with Crippen LogP contribution >= 0.6 is 0 Å². The topological polar surface area (TPSA) is 63.4 Å². The van der Waals surface area contributed by atoms with Gasteiger partial charge < -0.3 is 45.5 Å². The molecule has 7 heteroatoms. The van der Waals surface area contributed by atoms with Crippen molar-refractivity contribution in [2.75, 3.05) is 0 Å². The molecular formula is C12H20CuN2O2S2. The van der Waals surface area contributed by atoms with Crippen molar-refractivity contribution in [1.82, 2.24) is 4.90 Å². The van der Waals surface area contributed by atoms with Crippen LogP contribution in [-0.4, -0.2) is 27.5 Å². The second-order valence-corrected chi connectivity index (χ2v) is 5.62. The predicted octanol–water partition coefficient (Wildman–Crippen LogP) is 2.45. The molecule has 2 saturated carbocycles. The quantitative estimate of drug-likeness (QED) is 0.613. The first-order valence-corrected chi connectivity index (χ1v) is 7.29. The van der Waals surface area contributed by atoms with Crippen molar-refractivity contribution in [3.8, 4) is 0 Å². The van der Waals surface area contributed by atoms with Crippen molar-refractivity contribution in [2.45, 2.75) is 63.5 Å². The van der Waals surface area contributed by atoms with Gasteiger partial charge in [-0.3, -0.25) is 0 Å². The van der Waals surface area contributed by atoms with Gasteiger partial charge in [0.1, 0.15) is 5.24 Å². The van der Waals surface area contributed by atoms with Gasteiger partial charge in [-0.2, -0.15) is 0 Å². The van der Waals surface area contributed by atoms with E-state index in [0.717, 1.165) is 0 Å². The minimum atomic E-state index is -0.750. The summed E-state index contributed by atoms with van der Waals surface area (Å²) < 4.78 is 0. The molecule has 0 spiro atoms. The standard InChI is InChI=1S/C11H19NOS.CH3NOS.Cu/c13-11(14)12(9-5-1-2-6-9)10-7-3-4-8-10;2-1(3)4;/h9-10H,1-8H2,(H,13,14);(H3,2,3,4);/q;;+2/p-2. The predicted molar refractivity (Wildman–Crippen MR) is 76.1 cm³/mol. The fourth-order valence-corrected chi connectivity index (χ4v) is 3.26. The van der Waals surface area contributed by atoms with Crippen LogP contribution in [0.4, 0.5) is 9.59 Å². The van der Waals surface area contributed by atoms with E-state index in [1.165, 1.54) is 51.4 Å². The monoisotopic (exact) mass is 351 g/mol. The zero-order valence-electron chi connectivity index (χ0n) is 10.8. The molecule has 0 aromatic rings. The van der Waals surface area contributed by atoms with Crippen LogP contribution < -0.4 is 5.73 Å². The Morgan fingerprint density at radius 2 is 1.16 bits per heavy atom. The number of nitrogens with two attached hydrogens (primary N) is 1. The average molecular weight is 352 g/mol. The smallest absolute Gasteiger partial charge is 0.719 e. The van der Waals surface area contributed by atoms with Crippen molar-refractivity contribution in [1.29, 1.82) is 0 Å².